The van der Waals surface area contributed by atoms with Gasteiger partial charge in [0.1, 0.15) is 11.9 Å². The number of benzene rings is 1. The summed E-state index contributed by atoms with van der Waals surface area (Å²) in [5, 5.41) is 2.40. The first kappa shape index (κ1) is 27.5. The Morgan fingerprint density at radius 2 is 1.76 bits per heavy atom. The van der Waals surface area contributed by atoms with Gasteiger partial charge < -0.3 is 10.2 Å². The van der Waals surface area contributed by atoms with Crippen LogP contribution in [0.25, 0.3) is 0 Å². The number of piperidine rings is 2. The van der Waals surface area contributed by atoms with Gasteiger partial charge in [0.05, 0.1) is 16.0 Å². The zero-order chi connectivity index (χ0) is 27.0. The predicted octanol–water partition coefficient (Wildman–Crippen LogP) is 5.30. The number of likely N-dealkylation sites (tertiary alicyclic amines) is 2. The first-order valence-electron chi connectivity index (χ1n) is 11.8. The molecule has 1 N–H and O–H groups in total. The third-order valence-electron chi connectivity index (χ3n) is 6.73. The number of carbonyl (C=O) groups is 2. The fourth-order valence-electron chi connectivity index (χ4n) is 4.71. The van der Waals surface area contributed by atoms with Crippen molar-refractivity contribution in [2.75, 3.05) is 26.7 Å². The molecule has 1 aromatic carbocycles. The van der Waals surface area contributed by atoms with E-state index in [0.717, 1.165) is 24.2 Å². The van der Waals surface area contributed by atoms with E-state index in [1.54, 1.807) is 16.8 Å². The summed E-state index contributed by atoms with van der Waals surface area (Å²) in [7, 11) is 1.71. The van der Waals surface area contributed by atoms with Crippen LogP contribution in [-0.2, 0) is 23.7 Å². The molecule has 2 amide bonds. The largest absolute Gasteiger partial charge is 0.416 e. The van der Waals surface area contributed by atoms with Gasteiger partial charge >= 0.3 is 12.4 Å². The number of hydrogen-bond donors (Lipinski definition) is 1. The lowest BCUT2D eigenvalue weighted by Gasteiger charge is -2.31. The van der Waals surface area contributed by atoms with Gasteiger partial charge in [-0.25, -0.2) is 0 Å². The van der Waals surface area contributed by atoms with Crippen LogP contribution in [0.2, 0.25) is 0 Å². The number of aliphatic imine (C=N–C) groups is 1. The van der Waals surface area contributed by atoms with E-state index in [1.165, 1.54) is 0 Å². The molecule has 3 saturated heterocycles. The Kier molecular flexibility index (Phi) is 7.93. The fourth-order valence-corrected chi connectivity index (χ4v) is 5.52. The second kappa shape index (κ2) is 10.7. The molecule has 0 aromatic heterocycles. The van der Waals surface area contributed by atoms with Crippen molar-refractivity contribution in [1.29, 1.82) is 0 Å². The molecule has 0 radical (unpaired) electrons. The topological polar surface area (TPSA) is 65.0 Å². The SMILES string of the molecule is CN1CCCC(N=C2NC(=O)SC2=CC2CCN(Cc3ccc(C(F)(F)F)cc3C(F)(F)F)CC2)C1=O. The van der Waals surface area contributed by atoms with Crippen LogP contribution in [0.3, 0.4) is 0 Å². The summed E-state index contributed by atoms with van der Waals surface area (Å²) >= 11 is 0.994. The average Bonchev–Trinajstić information content (AvgIpc) is 3.15. The van der Waals surface area contributed by atoms with Crippen molar-refractivity contribution in [1.82, 2.24) is 15.1 Å². The Morgan fingerprint density at radius 1 is 1.05 bits per heavy atom. The van der Waals surface area contributed by atoms with Crippen LogP contribution >= 0.6 is 11.8 Å². The van der Waals surface area contributed by atoms with Gasteiger partial charge in [0, 0.05) is 20.1 Å². The third kappa shape index (κ3) is 6.67. The first-order valence-corrected chi connectivity index (χ1v) is 12.7. The van der Waals surface area contributed by atoms with Crippen molar-refractivity contribution >= 4 is 28.7 Å². The van der Waals surface area contributed by atoms with E-state index in [4.69, 9.17) is 0 Å². The molecule has 4 rings (SSSR count). The number of halogens is 6. The highest BCUT2D eigenvalue weighted by Crippen LogP contribution is 2.38. The molecule has 0 bridgehead atoms. The summed E-state index contributed by atoms with van der Waals surface area (Å²) in [6, 6.07) is 1.20. The van der Waals surface area contributed by atoms with Gasteiger partial charge in [-0.3, -0.25) is 19.5 Å². The number of amides is 2. The summed E-state index contributed by atoms with van der Waals surface area (Å²) < 4.78 is 79.2. The molecular formula is C24H26F6N4O2S. The Labute approximate surface area is 214 Å². The van der Waals surface area contributed by atoms with Gasteiger partial charge in [-0.1, -0.05) is 12.1 Å². The molecule has 13 heteroatoms. The molecule has 3 fully saturated rings. The number of likely N-dealkylation sites (N-methyl/N-ethyl adjacent to an activating group) is 1. The standard InChI is InChI=1S/C24H26F6N4O2S/c1-33-8-2-3-18(21(33)35)31-20-19(37-22(36)32-20)11-14-6-9-34(10-7-14)13-15-4-5-16(23(25,26)27)12-17(15)24(28,29)30/h4-5,11-12,14,18H,2-3,6-10,13H2,1H3,(H,31,32,36). The molecule has 0 spiro atoms. The number of alkyl halides is 6. The maximum absolute atomic E-state index is 13.5. The van der Waals surface area contributed by atoms with Crippen molar-refractivity contribution in [3.63, 3.8) is 0 Å². The van der Waals surface area contributed by atoms with E-state index in [2.05, 4.69) is 10.3 Å². The number of carbonyl (C=O) groups excluding carboxylic acids is 2. The molecule has 202 valence electrons. The van der Waals surface area contributed by atoms with Gasteiger partial charge in [0.15, 0.2) is 0 Å². The van der Waals surface area contributed by atoms with E-state index < -0.39 is 29.5 Å². The number of thioether (sulfide) groups is 1. The minimum Gasteiger partial charge on any atom is -0.344 e. The zero-order valence-corrected chi connectivity index (χ0v) is 20.8. The average molecular weight is 549 g/mol. The highest BCUT2D eigenvalue weighted by molar-refractivity contribution is 8.18. The minimum absolute atomic E-state index is 0.0380. The van der Waals surface area contributed by atoms with Crippen molar-refractivity contribution < 1.29 is 35.9 Å². The molecule has 1 aromatic rings. The van der Waals surface area contributed by atoms with Crippen LogP contribution in [0, 0.1) is 5.92 Å². The Morgan fingerprint density at radius 3 is 2.41 bits per heavy atom. The number of hydrogen-bond acceptors (Lipinski definition) is 5. The summed E-state index contributed by atoms with van der Waals surface area (Å²) in [4.78, 5) is 32.9. The highest BCUT2D eigenvalue weighted by atomic mass is 32.2. The molecular weight excluding hydrogens is 522 g/mol. The fraction of sp³-hybridized carbons (Fsp3) is 0.542. The van der Waals surface area contributed by atoms with Crippen LogP contribution in [0.15, 0.2) is 34.2 Å². The lowest BCUT2D eigenvalue weighted by atomic mass is 9.95. The summed E-state index contributed by atoms with van der Waals surface area (Å²) in [6.07, 6.45) is -5.24. The van der Waals surface area contributed by atoms with Crippen LogP contribution in [0.4, 0.5) is 31.1 Å². The second-order valence-corrected chi connectivity index (χ2v) is 10.4. The van der Waals surface area contributed by atoms with Gasteiger partial charge in [0.25, 0.3) is 5.24 Å². The van der Waals surface area contributed by atoms with Gasteiger partial charge in [0.2, 0.25) is 5.91 Å². The van der Waals surface area contributed by atoms with Gasteiger partial charge in [-0.2, -0.15) is 26.3 Å². The second-order valence-electron chi connectivity index (χ2n) is 9.42. The van der Waals surface area contributed by atoms with Crippen molar-refractivity contribution in [3.8, 4) is 0 Å². The Hall–Kier alpha value is -2.54. The lowest BCUT2D eigenvalue weighted by Crippen LogP contribution is -2.41. The summed E-state index contributed by atoms with van der Waals surface area (Å²) in [6.45, 7) is 1.43. The Balaban J connectivity index is 1.42. The molecule has 1 unspecified atom stereocenters. The molecule has 6 nitrogen and oxygen atoms in total. The third-order valence-corrected chi connectivity index (χ3v) is 7.57. The smallest absolute Gasteiger partial charge is 0.344 e. The van der Waals surface area contributed by atoms with E-state index in [0.29, 0.717) is 55.7 Å². The molecule has 0 saturated carbocycles. The number of amidine groups is 1. The summed E-state index contributed by atoms with van der Waals surface area (Å²) in [5.74, 6) is 0.306. The normalized spacial score (nSPS) is 24.8. The molecule has 0 aliphatic carbocycles. The van der Waals surface area contributed by atoms with Crippen molar-refractivity contribution in [2.24, 2.45) is 10.9 Å². The monoisotopic (exact) mass is 548 g/mol. The summed E-state index contributed by atoms with van der Waals surface area (Å²) in [5.41, 5.74) is -2.80. The van der Waals surface area contributed by atoms with E-state index in [-0.39, 0.29) is 35.2 Å². The van der Waals surface area contributed by atoms with Crippen molar-refractivity contribution in [3.05, 3.63) is 45.9 Å². The van der Waals surface area contributed by atoms with E-state index in [9.17, 15) is 35.9 Å². The lowest BCUT2D eigenvalue weighted by molar-refractivity contribution is -0.143. The van der Waals surface area contributed by atoms with Crippen molar-refractivity contribution in [2.45, 2.75) is 50.6 Å². The highest BCUT2D eigenvalue weighted by Gasteiger charge is 2.38. The predicted molar refractivity (Wildman–Crippen MR) is 127 cm³/mol. The molecule has 3 aliphatic rings. The molecule has 3 heterocycles. The minimum atomic E-state index is -4.90. The first-order chi connectivity index (χ1) is 17.3. The number of nitrogens with one attached hydrogen (secondary N) is 1. The number of nitrogens with zero attached hydrogens (tertiary/aromatic N) is 3. The zero-order valence-electron chi connectivity index (χ0n) is 20.0. The van der Waals surface area contributed by atoms with Crippen LogP contribution < -0.4 is 5.32 Å². The quantitative estimate of drug-likeness (QED) is 0.519. The molecule has 37 heavy (non-hydrogen) atoms. The van der Waals surface area contributed by atoms with Crippen LogP contribution in [0.1, 0.15) is 42.4 Å². The molecule has 3 aliphatic heterocycles. The van der Waals surface area contributed by atoms with Crippen LogP contribution in [-0.4, -0.2) is 59.5 Å². The Bertz CT molecular complexity index is 1110. The van der Waals surface area contributed by atoms with E-state index >= 15 is 0 Å². The maximum atomic E-state index is 13.5. The maximum Gasteiger partial charge on any atom is 0.416 e. The number of allylic oxidation sites excluding steroid dienone is 1. The van der Waals surface area contributed by atoms with Gasteiger partial charge in [-0.05, 0) is 74.1 Å². The van der Waals surface area contributed by atoms with E-state index in [1.807, 2.05) is 6.08 Å². The van der Waals surface area contributed by atoms with Gasteiger partial charge in [-0.15, -0.1) is 0 Å². The number of rotatable bonds is 4. The van der Waals surface area contributed by atoms with Crippen LogP contribution in [0.5, 0.6) is 0 Å². The molecule has 1 atom stereocenters.